The van der Waals surface area contributed by atoms with E-state index in [9.17, 15) is 18.0 Å². The molecule has 0 aliphatic carbocycles. The van der Waals surface area contributed by atoms with Gasteiger partial charge < -0.3 is 14.8 Å². The summed E-state index contributed by atoms with van der Waals surface area (Å²) in [5.74, 6) is -1.06. The van der Waals surface area contributed by atoms with Crippen LogP contribution in [0.2, 0.25) is 0 Å². The summed E-state index contributed by atoms with van der Waals surface area (Å²) in [5.41, 5.74) is 0.757. The number of amides is 1. The maximum Gasteiger partial charge on any atom is 0.339 e. The number of anilines is 1. The smallest absolute Gasteiger partial charge is 0.339 e. The lowest BCUT2D eigenvalue weighted by Crippen LogP contribution is -2.27. The van der Waals surface area contributed by atoms with Crippen LogP contribution in [0, 0.1) is 0 Å². The van der Waals surface area contributed by atoms with Gasteiger partial charge in [-0.3, -0.25) is 4.79 Å². The molecule has 0 bridgehead atoms. The maximum atomic E-state index is 12.4. The summed E-state index contributed by atoms with van der Waals surface area (Å²) in [7, 11) is -0.955. The lowest BCUT2D eigenvalue weighted by atomic mass is 10.1. The van der Waals surface area contributed by atoms with Crippen LogP contribution in [0.25, 0.3) is 0 Å². The number of ether oxygens (including phenoxy) is 2. The van der Waals surface area contributed by atoms with Crippen LogP contribution in [0.5, 0.6) is 0 Å². The van der Waals surface area contributed by atoms with Crippen LogP contribution >= 0.6 is 0 Å². The molecular weight excluding hydrogens is 372 g/mol. The molecule has 9 heteroatoms. The van der Waals surface area contributed by atoms with Crippen molar-refractivity contribution in [2.75, 3.05) is 32.7 Å². The fourth-order valence-corrected chi connectivity index (χ4v) is 3.23. The normalized spacial score (nSPS) is 11.0. The van der Waals surface area contributed by atoms with E-state index in [1.807, 2.05) is 0 Å². The summed E-state index contributed by atoms with van der Waals surface area (Å²) in [6, 6.07) is 11.9. The third-order valence-corrected chi connectivity index (χ3v) is 5.08. The maximum absolute atomic E-state index is 12.4. The van der Waals surface area contributed by atoms with Crippen LogP contribution in [0.3, 0.4) is 0 Å². The summed E-state index contributed by atoms with van der Waals surface area (Å²) in [6.45, 7) is 0.394. The van der Waals surface area contributed by atoms with E-state index in [0.717, 1.165) is 0 Å². The van der Waals surface area contributed by atoms with Crippen molar-refractivity contribution in [1.82, 2.24) is 4.72 Å². The number of hydrogen-bond acceptors (Lipinski definition) is 6. The van der Waals surface area contributed by atoms with Gasteiger partial charge in [0.25, 0.3) is 5.91 Å². The Morgan fingerprint density at radius 1 is 1.00 bits per heavy atom. The Bertz CT molecular complexity index is 910. The van der Waals surface area contributed by atoms with Crippen molar-refractivity contribution >= 4 is 27.6 Å². The zero-order valence-corrected chi connectivity index (χ0v) is 15.7. The van der Waals surface area contributed by atoms with Gasteiger partial charge >= 0.3 is 5.97 Å². The third kappa shape index (κ3) is 5.36. The molecule has 8 nitrogen and oxygen atoms in total. The first-order valence-corrected chi connectivity index (χ1v) is 9.44. The van der Waals surface area contributed by atoms with Gasteiger partial charge in [-0.25, -0.2) is 17.9 Å². The Kier molecular flexibility index (Phi) is 7.05. The van der Waals surface area contributed by atoms with E-state index in [1.165, 1.54) is 44.6 Å². The average molecular weight is 392 g/mol. The minimum Gasteiger partial charge on any atom is -0.465 e. The molecule has 144 valence electrons. The fraction of sp³-hybridized carbons (Fsp3) is 0.222. The molecule has 0 saturated carbocycles. The van der Waals surface area contributed by atoms with Crippen molar-refractivity contribution in [2.24, 2.45) is 0 Å². The van der Waals surface area contributed by atoms with Crippen LogP contribution in [0.4, 0.5) is 5.69 Å². The monoisotopic (exact) mass is 392 g/mol. The van der Waals surface area contributed by atoms with Gasteiger partial charge in [0.2, 0.25) is 10.0 Å². The van der Waals surface area contributed by atoms with Gasteiger partial charge in [0.05, 0.1) is 29.9 Å². The average Bonchev–Trinajstić information content (AvgIpc) is 2.68. The molecule has 2 N–H and O–H groups in total. The highest BCUT2D eigenvalue weighted by Crippen LogP contribution is 2.18. The molecule has 0 unspecified atom stereocenters. The summed E-state index contributed by atoms with van der Waals surface area (Å²) in [5, 5.41) is 2.62. The molecule has 0 fully saturated rings. The van der Waals surface area contributed by atoms with Crippen molar-refractivity contribution in [1.29, 1.82) is 0 Å². The van der Waals surface area contributed by atoms with Crippen LogP contribution in [-0.2, 0) is 19.5 Å². The number of rotatable bonds is 8. The fourth-order valence-electron chi connectivity index (χ4n) is 2.22. The second kappa shape index (κ2) is 9.26. The van der Waals surface area contributed by atoms with Crippen LogP contribution in [0.15, 0.2) is 53.4 Å². The van der Waals surface area contributed by atoms with E-state index in [4.69, 9.17) is 4.74 Å². The molecular formula is C18H20N2O6S. The highest BCUT2D eigenvalue weighted by molar-refractivity contribution is 7.89. The summed E-state index contributed by atoms with van der Waals surface area (Å²) < 4.78 is 36.1. The largest absolute Gasteiger partial charge is 0.465 e. The Labute approximate surface area is 157 Å². The first-order valence-electron chi connectivity index (χ1n) is 7.96. The number of carbonyl (C=O) groups excluding carboxylic acids is 2. The lowest BCUT2D eigenvalue weighted by molar-refractivity contribution is 0.0602. The van der Waals surface area contributed by atoms with Crippen LogP contribution in [-0.4, -0.2) is 47.7 Å². The second-order valence-electron chi connectivity index (χ2n) is 5.41. The van der Waals surface area contributed by atoms with Gasteiger partial charge in [-0.05, 0) is 36.4 Å². The van der Waals surface area contributed by atoms with E-state index in [1.54, 1.807) is 18.2 Å². The number of sulfonamides is 1. The molecule has 2 aromatic carbocycles. The Morgan fingerprint density at radius 3 is 2.30 bits per heavy atom. The molecule has 0 aliphatic rings. The number of esters is 1. The van der Waals surface area contributed by atoms with Crippen LogP contribution < -0.4 is 10.0 Å². The van der Waals surface area contributed by atoms with Gasteiger partial charge in [0.15, 0.2) is 0 Å². The predicted molar refractivity (Wildman–Crippen MR) is 99.2 cm³/mol. The van der Waals surface area contributed by atoms with Crippen molar-refractivity contribution in [3.8, 4) is 0 Å². The van der Waals surface area contributed by atoms with E-state index < -0.39 is 21.9 Å². The topological polar surface area (TPSA) is 111 Å². The Hall–Kier alpha value is -2.75. The summed E-state index contributed by atoms with van der Waals surface area (Å²) in [4.78, 5) is 24.2. The van der Waals surface area contributed by atoms with Gasteiger partial charge in [-0.15, -0.1) is 0 Å². The van der Waals surface area contributed by atoms with E-state index >= 15 is 0 Å². The van der Waals surface area contributed by atoms with Crippen molar-refractivity contribution < 1.29 is 27.5 Å². The molecule has 0 aliphatic heterocycles. The molecule has 27 heavy (non-hydrogen) atoms. The van der Waals surface area contributed by atoms with Gasteiger partial charge in [-0.1, -0.05) is 12.1 Å². The quantitative estimate of drug-likeness (QED) is 0.522. The number of carbonyl (C=O) groups is 2. The molecule has 0 heterocycles. The number of methoxy groups -OCH3 is 2. The van der Waals surface area contributed by atoms with Crippen molar-refractivity contribution in [2.45, 2.75) is 4.90 Å². The highest BCUT2D eigenvalue weighted by Gasteiger charge is 2.16. The first-order chi connectivity index (χ1) is 12.9. The number of benzene rings is 2. The zero-order chi connectivity index (χ0) is 19.9. The Balaban J connectivity index is 2.14. The molecule has 0 spiro atoms. The first kappa shape index (κ1) is 20.6. The highest BCUT2D eigenvalue weighted by atomic mass is 32.2. The van der Waals surface area contributed by atoms with E-state index in [0.29, 0.717) is 5.69 Å². The second-order valence-corrected chi connectivity index (χ2v) is 7.17. The SMILES string of the molecule is COCCNS(=O)(=O)c1ccc(C(=O)Nc2ccccc2C(=O)OC)cc1. The van der Waals surface area contributed by atoms with Crippen LogP contribution in [0.1, 0.15) is 20.7 Å². The van der Waals surface area contributed by atoms with Crippen molar-refractivity contribution in [3.05, 3.63) is 59.7 Å². The van der Waals surface area contributed by atoms with Gasteiger partial charge in [-0.2, -0.15) is 0 Å². The van der Waals surface area contributed by atoms with Gasteiger partial charge in [0.1, 0.15) is 0 Å². The minimum absolute atomic E-state index is 0.0325. The van der Waals surface area contributed by atoms with Crippen molar-refractivity contribution in [3.63, 3.8) is 0 Å². The molecule has 2 rings (SSSR count). The Morgan fingerprint density at radius 2 is 1.67 bits per heavy atom. The van der Waals surface area contributed by atoms with E-state index in [2.05, 4.69) is 14.8 Å². The minimum atomic E-state index is -3.68. The third-order valence-electron chi connectivity index (χ3n) is 3.61. The predicted octanol–water partition coefficient (Wildman–Crippen LogP) is 1.65. The molecule has 1 amide bonds. The number of hydrogen-bond donors (Lipinski definition) is 2. The standard InChI is InChI=1S/C18H20N2O6S/c1-25-12-11-19-27(23,24)14-9-7-13(8-10-14)17(21)20-16-6-4-3-5-15(16)18(22)26-2/h3-10,19H,11-12H2,1-2H3,(H,20,21). The van der Waals surface area contributed by atoms with Gasteiger partial charge in [0, 0.05) is 19.2 Å². The lowest BCUT2D eigenvalue weighted by Gasteiger charge is -2.10. The molecule has 2 aromatic rings. The summed E-state index contributed by atoms with van der Waals surface area (Å²) in [6.07, 6.45) is 0. The number of para-hydroxylation sites is 1. The molecule has 0 aromatic heterocycles. The molecule has 0 atom stereocenters. The summed E-state index contributed by atoms with van der Waals surface area (Å²) >= 11 is 0. The zero-order valence-electron chi connectivity index (χ0n) is 14.9. The van der Waals surface area contributed by atoms with E-state index in [-0.39, 0.29) is 29.2 Å². The molecule has 0 radical (unpaired) electrons. The number of nitrogens with one attached hydrogen (secondary N) is 2. The molecule has 0 saturated heterocycles.